The molecule has 0 radical (unpaired) electrons. The number of halogens is 1. The lowest BCUT2D eigenvalue weighted by molar-refractivity contribution is -0.145. The van der Waals surface area contributed by atoms with E-state index in [1.807, 2.05) is 49.5 Å². The molecule has 1 saturated carbocycles. The predicted octanol–water partition coefficient (Wildman–Crippen LogP) is 4.49. The molecule has 8 heteroatoms. The number of hydrogen-bond acceptors (Lipinski definition) is 5. The van der Waals surface area contributed by atoms with Crippen LogP contribution in [0.15, 0.2) is 60.3 Å². The zero-order chi connectivity index (χ0) is 28.6. The van der Waals surface area contributed by atoms with Crippen molar-refractivity contribution < 1.29 is 24.2 Å². The van der Waals surface area contributed by atoms with E-state index in [0.29, 0.717) is 23.4 Å². The number of ketones is 2. The first-order valence-electron chi connectivity index (χ1n) is 14.0. The highest BCUT2D eigenvalue weighted by molar-refractivity contribution is 6.31. The monoisotopic (exact) mass is 562 g/mol. The number of aromatic amines is 1. The van der Waals surface area contributed by atoms with Crippen molar-refractivity contribution in [2.75, 3.05) is 0 Å². The van der Waals surface area contributed by atoms with E-state index in [1.165, 1.54) is 6.08 Å². The molecule has 2 saturated heterocycles. The number of ether oxygens (including phenoxy) is 1. The first-order valence-corrected chi connectivity index (χ1v) is 14.4. The second kappa shape index (κ2) is 9.54. The van der Waals surface area contributed by atoms with Crippen LogP contribution >= 0.6 is 11.6 Å². The van der Waals surface area contributed by atoms with Gasteiger partial charge < -0.3 is 20.1 Å². The first-order chi connectivity index (χ1) is 19.0. The molecule has 210 valence electrons. The minimum absolute atomic E-state index is 0.0544. The number of epoxide rings is 1. The van der Waals surface area contributed by atoms with Crippen molar-refractivity contribution in [3.8, 4) is 0 Å². The Morgan fingerprint density at radius 1 is 1.18 bits per heavy atom. The summed E-state index contributed by atoms with van der Waals surface area (Å²) in [6.07, 6.45) is 9.68. The second-order valence-corrected chi connectivity index (χ2v) is 12.7. The molecular formula is C32H35ClN2O5. The maximum Gasteiger partial charge on any atom is 0.235 e. The molecule has 1 amide bonds. The molecular weight excluding hydrogens is 528 g/mol. The zero-order valence-electron chi connectivity index (χ0n) is 23.1. The fourth-order valence-corrected chi connectivity index (χ4v) is 7.85. The summed E-state index contributed by atoms with van der Waals surface area (Å²) in [6, 6.07) is 5.33. The Balaban J connectivity index is 1.46. The molecule has 3 N–H and O–H groups in total. The molecule has 40 heavy (non-hydrogen) atoms. The average molecular weight is 563 g/mol. The van der Waals surface area contributed by atoms with Gasteiger partial charge in [0, 0.05) is 40.0 Å². The summed E-state index contributed by atoms with van der Waals surface area (Å²) in [7, 11) is 0. The number of allylic oxidation sites excluding steroid dienone is 3. The molecule has 2 aliphatic heterocycles. The van der Waals surface area contributed by atoms with Crippen LogP contribution in [0, 0.1) is 29.1 Å². The van der Waals surface area contributed by atoms with Crippen molar-refractivity contribution in [3.05, 3.63) is 70.9 Å². The van der Waals surface area contributed by atoms with E-state index in [1.54, 1.807) is 6.92 Å². The third-order valence-corrected chi connectivity index (χ3v) is 10.1. The van der Waals surface area contributed by atoms with Crippen molar-refractivity contribution in [2.45, 2.75) is 64.4 Å². The van der Waals surface area contributed by atoms with Crippen LogP contribution in [0.3, 0.4) is 0 Å². The van der Waals surface area contributed by atoms with E-state index in [4.69, 9.17) is 16.3 Å². The molecule has 1 spiro atoms. The summed E-state index contributed by atoms with van der Waals surface area (Å²) < 4.78 is 6.33. The summed E-state index contributed by atoms with van der Waals surface area (Å²) in [5, 5.41) is 15.4. The highest BCUT2D eigenvalue weighted by Crippen LogP contribution is 2.66. The van der Waals surface area contributed by atoms with Crippen LogP contribution in [0.2, 0.25) is 5.02 Å². The lowest BCUT2D eigenvalue weighted by Gasteiger charge is -2.45. The summed E-state index contributed by atoms with van der Waals surface area (Å²) in [6.45, 7) is 7.86. The van der Waals surface area contributed by atoms with Gasteiger partial charge in [-0.2, -0.15) is 0 Å². The summed E-state index contributed by atoms with van der Waals surface area (Å²) in [4.78, 5) is 44.6. The van der Waals surface area contributed by atoms with Gasteiger partial charge in [-0.3, -0.25) is 14.4 Å². The highest BCUT2D eigenvalue weighted by Gasteiger charge is 2.78. The molecule has 0 bridgehead atoms. The normalized spacial score (nSPS) is 42.3. The molecule has 6 rings (SSSR count). The minimum Gasteiger partial charge on any atom is -0.381 e. The van der Waals surface area contributed by atoms with Gasteiger partial charge in [-0.15, -0.1) is 0 Å². The van der Waals surface area contributed by atoms with E-state index in [2.05, 4.69) is 24.1 Å². The van der Waals surface area contributed by atoms with Crippen molar-refractivity contribution in [1.82, 2.24) is 10.3 Å². The third kappa shape index (κ3) is 3.97. The molecule has 3 heterocycles. The van der Waals surface area contributed by atoms with Crippen LogP contribution in [0.25, 0.3) is 10.9 Å². The standard InChI is InChI=1S/C32H35ClN2O5/c1-16-6-5-7-22-29-31(4,40-29)18(3)27-24(13-19-15-34-23-9-8-20(33)14-21(19)23)35-30(39)32(22,27)26(37)11-10-25(36)28(38)17(2)12-16/h5,7-12,14-16,18,22,24,27-29,34,38H,6,13H2,1-4H3,(H,35,39)/b7-5+,11-10+,17-12+/t16-,18-,22-,24-,27-,28+,29-,31+,32+/m0/s1. The zero-order valence-corrected chi connectivity index (χ0v) is 23.9. The van der Waals surface area contributed by atoms with Gasteiger partial charge in [0.15, 0.2) is 11.6 Å². The molecule has 4 aliphatic rings. The van der Waals surface area contributed by atoms with Gasteiger partial charge in [-0.25, -0.2) is 0 Å². The number of nitrogens with one attached hydrogen (secondary N) is 2. The Labute approximate surface area is 238 Å². The molecule has 7 nitrogen and oxygen atoms in total. The quantitative estimate of drug-likeness (QED) is 0.284. The number of aliphatic hydroxyl groups is 1. The lowest BCUT2D eigenvalue weighted by atomic mass is 9.51. The maximum atomic E-state index is 14.3. The molecule has 1 aromatic carbocycles. The highest BCUT2D eigenvalue weighted by atomic mass is 35.5. The fraction of sp³-hybridized carbons (Fsp3) is 0.469. The van der Waals surface area contributed by atoms with Crippen LogP contribution in [0.5, 0.6) is 0 Å². The number of amides is 1. The molecule has 1 aromatic heterocycles. The van der Waals surface area contributed by atoms with Crippen LogP contribution in [-0.4, -0.2) is 51.4 Å². The van der Waals surface area contributed by atoms with Crippen molar-refractivity contribution in [2.24, 2.45) is 29.1 Å². The average Bonchev–Trinajstić information content (AvgIpc) is 3.33. The van der Waals surface area contributed by atoms with E-state index in [9.17, 15) is 19.5 Å². The third-order valence-electron chi connectivity index (χ3n) is 9.91. The minimum atomic E-state index is -1.44. The number of rotatable bonds is 2. The number of H-pyrrole nitrogens is 1. The summed E-state index contributed by atoms with van der Waals surface area (Å²) in [5.41, 5.74) is 0.588. The Morgan fingerprint density at radius 3 is 2.73 bits per heavy atom. The molecule has 9 atom stereocenters. The maximum absolute atomic E-state index is 14.3. The number of carbonyl (C=O) groups is 3. The van der Waals surface area contributed by atoms with Gasteiger partial charge >= 0.3 is 0 Å². The number of fused-ring (bicyclic) bond motifs is 3. The fourth-order valence-electron chi connectivity index (χ4n) is 7.68. The van der Waals surface area contributed by atoms with Crippen molar-refractivity contribution in [3.63, 3.8) is 0 Å². The smallest absolute Gasteiger partial charge is 0.235 e. The van der Waals surface area contributed by atoms with Gasteiger partial charge in [0.05, 0.1) is 11.7 Å². The second-order valence-electron chi connectivity index (χ2n) is 12.3. The number of aliphatic hydroxyl groups excluding tert-OH is 1. The van der Waals surface area contributed by atoms with Crippen LogP contribution in [-0.2, 0) is 25.5 Å². The van der Waals surface area contributed by atoms with E-state index < -0.39 is 34.6 Å². The first kappa shape index (κ1) is 27.2. The van der Waals surface area contributed by atoms with Gasteiger partial charge in [0.25, 0.3) is 0 Å². The van der Waals surface area contributed by atoms with Gasteiger partial charge in [-0.05, 0) is 80.0 Å². The Kier molecular flexibility index (Phi) is 6.48. The molecule has 2 aromatic rings. The SMILES string of the molecule is C/C1=C\[C@@H](C)C/C=C/[C@H]2[C@@H]3O[C@]3(C)[C@@H](C)[C@H]3[C@H](Cc4c[nH]c5ccc(Cl)cc45)NC(=O)[C@]32C(=O)/C=C/C(=O)[C@@H]1O. The number of carbonyl (C=O) groups excluding carboxylic acids is 3. The summed E-state index contributed by atoms with van der Waals surface area (Å²) in [5.74, 6) is -2.27. The largest absolute Gasteiger partial charge is 0.381 e. The van der Waals surface area contributed by atoms with Gasteiger partial charge in [0.2, 0.25) is 5.91 Å². The topological polar surface area (TPSA) is 112 Å². The van der Waals surface area contributed by atoms with E-state index in [-0.39, 0.29) is 35.8 Å². The summed E-state index contributed by atoms with van der Waals surface area (Å²) >= 11 is 6.30. The number of hydrogen-bond donors (Lipinski definition) is 3. The van der Waals surface area contributed by atoms with Gasteiger partial charge in [0.1, 0.15) is 11.5 Å². The molecule has 0 unspecified atom stereocenters. The van der Waals surface area contributed by atoms with E-state index in [0.717, 1.165) is 22.5 Å². The van der Waals surface area contributed by atoms with Gasteiger partial charge in [-0.1, -0.05) is 43.7 Å². The van der Waals surface area contributed by atoms with Crippen LogP contribution in [0.4, 0.5) is 0 Å². The van der Waals surface area contributed by atoms with E-state index >= 15 is 0 Å². The van der Waals surface area contributed by atoms with Crippen LogP contribution in [0.1, 0.15) is 39.7 Å². The lowest BCUT2D eigenvalue weighted by Crippen LogP contribution is -2.58. The molecule has 3 fully saturated rings. The van der Waals surface area contributed by atoms with Crippen LogP contribution < -0.4 is 5.32 Å². The number of aromatic nitrogens is 1. The Bertz CT molecular complexity index is 1510. The van der Waals surface area contributed by atoms with Crippen molar-refractivity contribution >= 4 is 40.0 Å². The Morgan fingerprint density at radius 2 is 1.95 bits per heavy atom. The molecule has 2 aliphatic carbocycles. The number of benzene rings is 1. The van der Waals surface area contributed by atoms with Crippen molar-refractivity contribution in [1.29, 1.82) is 0 Å². The Hall–Kier alpha value is -3.00. The predicted molar refractivity (Wildman–Crippen MR) is 153 cm³/mol.